The van der Waals surface area contributed by atoms with Crippen molar-refractivity contribution in [1.82, 2.24) is 9.78 Å². The van der Waals surface area contributed by atoms with Gasteiger partial charge in [-0.2, -0.15) is 5.10 Å². The highest BCUT2D eigenvalue weighted by Crippen LogP contribution is 2.30. The SMILES string of the molecule is Cc1c(C(=O)Nc2cccc(NC(=O)C3CC3)c2)cnn1-c1ccccc1F. The Labute approximate surface area is 161 Å². The number of hydrogen-bond donors (Lipinski definition) is 2. The summed E-state index contributed by atoms with van der Waals surface area (Å²) in [5.41, 5.74) is 2.34. The summed E-state index contributed by atoms with van der Waals surface area (Å²) in [5, 5.41) is 9.80. The summed E-state index contributed by atoms with van der Waals surface area (Å²) in [7, 11) is 0. The van der Waals surface area contributed by atoms with Gasteiger partial charge in [-0.25, -0.2) is 9.07 Å². The van der Waals surface area contributed by atoms with Crippen LogP contribution in [0.3, 0.4) is 0 Å². The molecule has 1 fully saturated rings. The van der Waals surface area contributed by atoms with Gasteiger partial charge in [-0.05, 0) is 50.1 Å². The molecule has 2 aromatic carbocycles. The lowest BCUT2D eigenvalue weighted by Gasteiger charge is -2.09. The zero-order chi connectivity index (χ0) is 19.7. The standard InChI is InChI=1S/C21H19FN4O2/c1-13-17(12-23-26(13)19-8-3-2-7-18(19)22)21(28)25-16-6-4-5-15(11-16)24-20(27)14-9-10-14/h2-8,11-12,14H,9-10H2,1H3,(H,24,27)(H,25,28). The van der Waals surface area contributed by atoms with Crippen molar-refractivity contribution in [3.8, 4) is 5.69 Å². The molecule has 6 nitrogen and oxygen atoms in total. The van der Waals surface area contributed by atoms with E-state index in [2.05, 4.69) is 15.7 Å². The number of halogens is 1. The Hall–Kier alpha value is -3.48. The van der Waals surface area contributed by atoms with Crippen LogP contribution in [0.1, 0.15) is 28.9 Å². The summed E-state index contributed by atoms with van der Waals surface area (Å²) >= 11 is 0. The fraction of sp³-hybridized carbons (Fsp3) is 0.190. The van der Waals surface area contributed by atoms with Crippen LogP contribution in [0, 0.1) is 18.7 Å². The number of aromatic nitrogens is 2. The first-order chi connectivity index (χ1) is 13.5. The van der Waals surface area contributed by atoms with E-state index in [0.29, 0.717) is 22.6 Å². The first kappa shape index (κ1) is 17.9. The Bertz CT molecular complexity index is 1060. The summed E-state index contributed by atoms with van der Waals surface area (Å²) in [6.45, 7) is 1.71. The van der Waals surface area contributed by atoms with Gasteiger partial charge in [-0.15, -0.1) is 0 Å². The van der Waals surface area contributed by atoms with Crippen molar-refractivity contribution in [1.29, 1.82) is 0 Å². The molecule has 0 atom stereocenters. The third kappa shape index (κ3) is 3.64. The molecule has 28 heavy (non-hydrogen) atoms. The molecule has 1 aliphatic rings. The topological polar surface area (TPSA) is 76.0 Å². The van der Waals surface area contributed by atoms with Crippen LogP contribution in [-0.4, -0.2) is 21.6 Å². The van der Waals surface area contributed by atoms with E-state index in [1.54, 1.807) is 49.4 Å². The minimum atomic E-state index is -0.417. The zero-order valence-electron chi connectivity index (χ0n) is 15.3. The average molecular weight is 378 g/mol. The first-order valence-electron chi connectivity index (χ1n) is 9.05. The number of carbonyl (C=O) groups is 2. The van der Waals surface area contributed by atoms with Gasteiger partial charge in [0.1, 0.15) is 11.5 Å². The summed E-state index contributed by atoms with van der Waals surface area (Å²) in [6, 6.07) is 13.2. The number of nitrogens with one attached hydrogen (secondary N) is 2. The minimum Gasteiger partial charge on any atom is -0.326 e. The number of amides is 2. The second-order valence-electron chi connectivity index (χ2n) is 6.81. The molecule has 2 N–H and O–H groups in total. The first-order valence-corrected chi connectivity index (χ1v) is 9.05. The van der Waals surface area contributed by atoms with Crippen LogP contribution in [0.2, 0.25) is 0 Å². The van der Waals surface area contributed by atoms with E-state index >= 15 is 0 Å². The van der Waals surface area contributed by atoms with Gasteiger partial charge < -0.3 is 10.6 Å². The molecular formula is C21H19FN4O2. The Balaban J connectivity index is 1.51. The largest absolute Gasteiger partial charge is 0.326 e. The van der Waals surface area contributed by atoms with Gasteiger partial charge in [0, 0.05) is 17.3 Å². The molecule has 1 aliphatic carbocycles. The quantitative estimate of drug-likeness (QED) is 0.707. The average Bonchev–Trinajstić information content (AvgIpc) is 3.45. The molecule has 1 aromatic heterocycles. The smallest absolute Gasteiger partial charge is 0.259 e. The highest BCUT2D eigenvalue weighted by Gasteiger charge is 2.29. The number of nitrogens with zero attached hydrogens (tertiary/aromatic N) is 2. The Kier molecular flexibility index (Phi) is 4.65. The highest BCUT2D eigenvalue weighted by atomic mass is 19.1. The molecule has 0 unspecified atom stereocenters. The number of hydrogen-bond acceptors (Lipinski definition) is 3. The van der Waals surface area contributed by atoms with E-state index in [1.165, 1.54) is 16.9 Å². The molecule has 142 valence electrons. The predicted octanol–water partition coefficient (Wildman–Crippen LogP) is 3.92. The number of carbonyl (C=O) groups excluding carboxylic acids is 2. The summed E-state index contributed by atoms with van der Waals surface area (Å²) in [4.78, 5) is 24.6. The van der Waals surface area contributed by atoms with Gasteiger partial charge in [0.25, 0.3) is 5.91 Å². The number of benzene rings is 2. The second-order valence-corrected chi connectivity index (χ2v) is 6.81. The Morgan fingerprint density at radius 1 is 1.07 bits per heavy atom. The monoisotopic (exact) mass is 378 g/mol. The van der Waals surface area contributed by atoms with Gasteiger partial charge in [0.15, 0.2) is 0 Å². The Morgan fingerprint density at radius 2 is 1.79 bits per heavy atom. The number of rotatable bonds is 5. The van der Waals surface area contributed by atoms with Gasteiger partial charge in [0.05, 0.1) is 17.5 Å². The normalized spacial score (nSPS) is 13.2. The molecule has 0 aliphatic heterocycles. The van der Waals surface area contributed by atoms with Crippen LogP contribution in [0.4, 0.5) is 15.8 Å². The molecule has 1 saturated carbocycles. The number of para-hydroxylation sites is 1. The Morgan fingerprint density at radius 3 is 2.50 bits per heavy atom. The van der Waals surface area contributed by atoms with Crippen LogP contribution >= 0.6 is 0 Å². The molecule has 0 bridgehead atoms. The third-order valence-corrected chi connectivity index (χ3v) is 4.67. The summed E-state index contributed by atoms with van der Waals surface area (Å²) < 4.78 is 15.4. The van der Waals surface area contributed by atoms with Crippen LogP contribution in [0.25, 0.3) is 5.69 Å². The maximum atomic E-state index is 14.0. The van der Waals surface area contributed by atoms with E-state index < -0.39 is 5.82 Å². The van der Waals surface area contributed by atoms with Crippen molar-refractivity contribution in [2.75, 3.05) is 10.6 Å². The summed E-state index contributed by atoms with van der Waals surface area (Å²) in [6.07, 6.45) is 3.26. The molecular weight excluding hydrogens is 359 g/mol. The molecule has 1 heterocycles. The molecule has 3 aromatic rings. The molecule has 2 amide bonds. The highest BCUT2D eigenvalue weighted by molar-refractivity contribution is 6.05. The summed E-state index contributed by atoms with van der Waals surface area (Å²) in [5.74, 6) is -0.666. The molecule has 0 radical (unpaired) electrons. The fourth-order valence-corrected chi connectivity index (χ4v) is 2.96. The van der Waals surface area contributed by atoms with Gasteiger partial charge >= 0.3 is 0 Å². The van der Waals surface area contributed by atoms with E-state index in [4.69, 9.17) is 0 Å². The van der Waals surface area contributed by atoms with E-state index in [1.807, 2.05) is 0 Å². The zero-order valence-corrected chi connectivity index (χ0v) is 15.3. The minimum absolute atomic E-state index is 0.00508. The number of anilines is 2. The van der Waals surface area contributed by atoms with Crippen LogP contribution in [0.5, 0.6) is 0 Å². The molecule has 0 saturated heterocycles. The third-order valence-electron chi connectivity index (χ3n) is 4.67. The van der Waals surface area contributed by atoms with Crippen molar-refractivity contribution in [2.24, 2.45) is 5.92 Å². The van der Waals surface area contributed by atoms with Crippen molar-refractivity contribution >= 4 is 23.2 Å². The van der Waals surface area contributed by atoms with E-state index in [9.17, 15) is 14.0 Å². The van der Waals surface area contributed by atoms with E-state index in [0.717, 1.165) is 12.8 Å². The van der Waals surface area contributed by atoms with Gasteiger partial charge in [0.2, 0.25) is 5.91 Å². The lowest BCUT2D eigenvalue weighted by atomic mass is 10.2. The van der Waals surface area contributed by atoms with Crippen molar-refractivity contribution in [3.05, 3.63) is 71.8 Å². The van der Waals surface area contributed by atoms with Crippen LogP contribution < -0.4 is 10.6 Å². The molecule has 7 heteroatoms. The van der Waals surface area contributed by atoms with Crippen LogP contribution in [0.15, 0.2) is 54.7 Å². The van der Waals surface area contributed by atoms with Gasteiger partial charge in [-0.3, -0.25) is 9.59 Å². The van der Waals surface area contributed by atoms with Crippen LogP contribution in [-0.2, 0) is 4.79 Å². The van der Waals surface area contributed by atoms with Crippen molar-refractivity contribution in [3.63, 3.8) is 0 Å². The fourth-order valence-electron chi connectivity index (χ4n) is 2.96. The van der Waals surface area contributed by atoms with Crippen molar-refractivity contribution in [2.45, 2.75) is 19.8 Å². The van der Waals surface area contributed by atoms with E-state index in [-0.39, 0.29) is 23.4 Å². The molecule has 4 rings (SSSR count). The second kappa shape index (κ2) is 7.26. The molecule has 0 spiro atoms. The maximum Gasteiger partial charge on any atom is 0.259 e. The lowest BCUT2D eigenvalue weighted by Crippen LogP contribution is -2.15. The lowest BCUT2D eigenvalue weighted by molar-refractivity contribution is -0.117. The van der Waals surface area contributed by atoms with Crippen molar-refractivity contribution < 1.29 is 14.0 Å². The maximum absolute atomic E-state index is 14.0. The van der Waals surface area contributed by atoms with Gasteiger partial charge in [-0.1, -0.05) is 18.2 Å². The predicted molar refractivity (Wildman–Crippen MR) is 104 cm³/mol.